The van der Waals surface area contributed by atoms with Crippen LogP contribution in [0.5, 0.6) is 0 Å². The largest absolute Gasteiger partial charge is 0.411 e. The molecule has 2 N–H and O–H groups in total. The zero-order chi connectivity index (χ0) is 17.4. The summed E-state index contributed by atoms with van der Waals surface area (Å²) in [5.41, 5.74) is 1.83. The molecular formula is C15H20N4O4. The fourth-order valence-electron chi connectivity index (χ4n) is 1.86. The Balaban J connectivity index is 2.75. The predicted octanol–water partition coefficient (Wildman–Crippen LogP) is 1.95. The summed E-state index contributed by atoms with van der Waals surface area (Å²) in [6.07, 6.45) is 3.32. The molecule has 1 unspecified atom stereocenters. The van der Waals surface area contributed by atoms with Crippen LogP contribution < -0.4 is 5.32 Å². The summed E-state index contributed by atoms with van der Waals surface area (Å²) in [5.74, 6) is -0.368. The normalized spacial score (nSPS) is 13.5. The van der Waals surface area contributed by atoms with Gasteiger partial charge in [0.05, 0.1) is 17.8 Å². The topological polar surface area (TPSA) is 118 Å². The first-order valence-corrected chi connectivity index (χ1v) is 7.14. The molecule has 1 aromatic rings. The molecule has 0 spiro atoms. The van der Waals surface area contributed by atoms with E-state index >= 15 is 0 Å². The molecule has 1 heterocycles. The summed E-state index contributed by atoms with van der Waals surface area (Å²) in [6.45, 7) is 5.00. The molecule has 23 heavy (non-hydrogen) atoms. The monoisotopic (exact) mass is 320 g/mol. The molecule has 0 aliphatic heterocycles. The van der Waals surface area contributed by atoms with E-state index in [1.54, 1.807) is 19.1 Å². The Labute approximate surface area is 134 Å². The molecule has 0 radical (unpaired) electrons. The fraction of sp³-hybridized carbons (Fsp3) is 0.400. The molecule has 8 nitrogen and oxygen atoms in total. The Bertz CT molecular complexity index is 623. The van der Waals surface area contributed by atoms with Gasteiger partial charge in [0.1, 0.15) is 0 Å². The highest BCUT2D eigenvalue weighted by Crippen LogP contribution is 2.10. The number of carbonyl (C=O) groups is 1. The molecule has 0 fully saturated rings. The van der Waals surface area contributed by atoms with Crippen LogP contribution in [0.3, 0.4) is 0 Å². The van der Waals surface area contributed by atoms with Crippen molar-refractivity contribution in [1.29, 1.82) is 0 Å². The van der Waals surface area contributed by atoms with Crippen LogP contribution in [-0.4, -0.2) is 39.3 Å². The fourth-order valence-corrected chi connectivity index (χ4v) is 1.86. The van der Waals surface area contributed by atoms with Gasteiger partial charge >= 0.3 is 0 Å². The highest BCUT2D eigenvalue weighted by Gasteiger charge is 2.18. The molecule has 1 rings (SSSR count). The second-order valence-corrected chi connectivity index (χ2v) is 5.00. The van der Waals surface area contributed by atoms with Gasteiger partial charge in [0.2, 0.25) is 6.04 Å². The van der Waals surface area contributed by atoms with Gasteiger partial charge in [-0.3, -0.25) is 19.9 Å². The van der Waals surface area contributed by atoms with Crippen molar-refractivity contribution in [1.82, 2.24) is 10.3 Å². The van der Waals surface area contributed by atoms with Gasteiger partial charge in [-0.1, -0.05) is 12.1 Å². The van der Waals surface area contributed by atoms with Crippen molar-refractivity contribution >= 4 is 11.6 Å². The molecule has 0 saturated carbocycles. The third-order valence-electron chi connectivity index (χ3n) is 3.35. The third kappa shape index (κ3) is 5.50. The Kier molecular flexibility index (Phi) is 6.85. The van der Waals surface area contributed by atoms with Gasteiger partial charge in [-0.05, 0) is 31.6 Å². The standard InChI is InChI=1S/C15H20N4O4/c1-4-12(11(3)19(22)23)7-14(18-21)9-17-15(20)13-6-5-10(2)16-8-13/h5-8,11,21H,4,9H2,1-3H3,(H,17,20). The van der Waals surface area contributed by atoms with Gasteiger partial charge in [-0.25, -0.2) is 0 Å². The Morgan fingerprint density at radius 2 is 2.26 bits per heavy atom. The van der Waals surface area contributed by atoms with Gasteiger partial charge in [0, 0.05) is 29.3 Å². The minimum Gasteiger partial charge on any atom is -0.411 e. The number of rotatable bonds is 7. The van der Waals surface area contributed by atoms with Gasteiger partial charge in [-0.2, -0.15) is 0 Å². The third-order valence-corrected chi connectivity index (χ3v) is 3.35. The van der Waals surface area contributed by atoms with Gasteiger partial charge in [-0.15, -0.1) is 0 Å². The van der Waals surface area contributed by atoms with Crippen LogP contribution in [0.15, 0.2) is 35.1 Å². The lowest BCUT2D eigenvalue weighted by Gasteiger charge is -2.09. The number of aromatic nitrogens is 1. The molecule has 1 atom stereocenters. The number of amides is 1. The van der Waals surface area contributed by atoms with E-state index in [0.29, 0.717) is 17.6 Å². The zero-order valence-electron chi connectivity index (χ0n) is 13.3. The van der Waals surface area contributed by atoms with Crippen molar-refractivity contribution in [2.75, 3.05) is 6.54 Å². The average molecular weight is 320 g/mol. The van der Waals surface area contributed by atoms with E-state index in [2.05, 4.69) is 15.5 Å². The molecule has 124 valence electrons. The maximum absolute atomic E-state index is 12.0. The number of aryl methyl sites for hydroxylation is 1. The predicted molar refractivity (Wildman–Crippen MR) is 85.4 cm³/mol. The van der Waals surface area contributed by atoms with Gasteiger partial charge in [0.25, 0.3) is 5.91 Å². The Morgan fingerprint density at radius 1 is 1.57 bits per heavy atom. The number of nitro groups is 1. The van der Waals surface area contributed by atoms with E-state index in [4.69, 9.17) is 5.21 Å². The quantitative estimate of drug-likeness (QED) is 0.344. The van der Waals surface area contributed by atoms with E-state index in [-0.39, 0.29) is 18.2 Å². The molecule has 0 aliphatic rings. The van der Waals surface area contributed by atoms with Crippen LogP contribution in [0.2, 0.25) is 0 Å². The summed E-state index contributed by atoms with van der Waals surface area (Å²) in [4.78, 5) is 26.4. The maximum atomic E-state index is 12.0. The highest BCUT2D eigenvalue weighted by atomic mass is 16.6. The molecule has 0 aromatic carbocycles. The van der Waals surface area contributed by atoms with Crippen LogP contribution in [0.25, 0.3) is 0 Å². The number of carbonyl (C=O) groups excluding carboxylic acids is 1. The number of oxime groups is 1. The van der Waals surface area contributed by atoms with Crippen LogP contribution >= 0.6 is 0 Å². The molecular weight excluding hydrogens is 300 g/mol. The van der Waals surface area contributed by atoms with Crippen molar-refractivity contribution in [2.24, 2.45) is 5.16 Å². The molecule has 1 amide bonds. The molecule has 0 saturated heterocycles. The van der Waals surface area contributed by atoms with Crippen LogP contribution in [-0.2, 0) is 0 Å². The number of pyridine rings is 1. The lowest BCUT2D eigenvalue weighted by molar-refractivity contribution is -0.507. The van der Waals surface area contributed by atoms with E-state index in [1.807, 2.05) is 6.92 Å². The van der Waals surface area contributed by atoms with Crippen molar-refractivity contribution in [3.05, 3.63) is 51.4 Å². The van der Waals surface area contributed by atoms with E-state index in [0.717, 1.165) is 5.69 Å². The van der Waals surface area contributed by atoms with Crippen molar-refractivity contribution in [3.8, 4) is 0 Å². The molecule has 0 aliphatic carbocycles. The number of hydrogen-bond acceptors (Lipinski definition) is 6. The second kappa shape index (κ2) is 8.62. The highest BCUT2D eigenvalue weighted by molar-refractivity contribution is 6.01. The summed E-state index contributed by atoms with van der Waals surface area (Å²) in [6, 6.07) is 2.47. The first-order valence-electron chi connectivity index (χ1n) is 7.14. The average Bonchev–Trinajstić information content (AvgIpc) is 2.54. The van der Waals surface area contributed by atoms with Gasteiger partial charge in [0.15, 0.2) is 0 Å². The van der Waals surface area contributed by atoms with Crippen LogP contribution in [0, 0.1) is 17.0 Å². The molecule has 1 aromatic heterocycles. The summed E-state index contributed by atoms with van der Waals surface area (Å²) in [7, 11) is 0. The van der Waals surface area contributed by atoms with Gasteiger partial charge < -0.3 is 10.5 Å². The lowest BCUT2D eigenvalue weighted by atomic mass is 10.0. The van der Waals surface area contributed by atoms with E-state index in [1.165, 1.54) is 19.2 Å². The molecule has 8 heteroatoms. The SMILES string of the molecule is CCC(=CC(CNC(=O)c1ccc(C)nc1)=NO)C(C)[N+](=O)[O-]. The van der Waals surface area contributed by atoms with Crippen molar-refractivity contribution in [2.45, 2.75) is 33.2 Å². The lowest BCUT2D eigenvalue weighted by Crippen LogP contribution is -2.29. The minimum atomic E-state index is -0.881. The van der Waals surface area contributed by atoms with E-state index in [9.17, 15) is 14.9 Å². The second-order valence-electron chi connectivity index (χ2n) is 5.00. The zero-order valence-corrected chi connectivity index (χ0v) is 13.3. The Hall–Kier alpha value is -2.77. The molecule has 0 bridgehead atoms. The first kappa shape index (κ1) is 18.3. The van der Waals surface area contributed by atoms with Crippen molar-refractivity contribution in [3.63, 3.8) is 0 Å². The first-order chi connectivity index (χ1) is 10.9. The Morgan fingerprint density at radius 3 is 2.74 bits per heavy atom. The minimum absolute atomic E-state index is 0.0445. The van der Waals surface area contributed by atoms with Crippen LogP contribution in [0.4, 0.5) is 0 Å². The van der Waals surface area contributed by atoms with Crippen molar-refractivity contribution < 1.29 is 14.9 Å². The smallest absolute Gasteiger partial charge is 0.253 e. The number of nitrogens with one attached hydrogen (secondary N) is 1. The number of nitrogens with zero attached hydrogens (tertiary/aromatic N) is 3. The van der Waals surface area contributed by atoms with Crippen LogP contribution in [0.1, 0.15) is 36.3 Å². The summed E-state index contributed by atoms with van der Waals surface area (Å²) in [5, 5.41) is 25.5. The van der Waals surface area contributed by atoms with E-state index < -0.39 is 11.0 Å². The summed E-state index contributed by atoms with van der Waals surface area (Å²) < 4.78 is 0. The maximum Gasteiger partial charge on any atom is 0.253 e. The number of hydrogen-bond donors (Lipinski definition) is 2. The summed E-state index contributed by atoms with van der Waals surface area (Å²) >= 11 is 0.